The van der Waals surface area contributed by atoms with Crippen LogP contribution in [-0.2, 0) is 13.0 Å². The fourth-order valence-corrected chi connectivity index (χ4v) is 2.68. The van der Waals surface area contributed by atoms with Gasteiger partial charge in [0.1, 0.15) is 5.75 Å². The minimum Gasteiger partial charge on any atom is -0.493 e. The summed E-state index contributed by atoms with van der Waals surface area (Å²) in [4.78, 5) is 4.20. The van der Waals surface area contributed by atoms with Gasteiger partial charge in [-0.05, 0) is 42.7 Å². The van der Waals surface area contributed by atoms with Crippen molar-refractivity contribution in [2.24, 2.45) is 10.7 Å². The summed E-state index contributed by atoms with van der Waals surface area (Å²) in [6, 6.07) is 10.6. The molecule has 0 aromatic heterocycles. The molecule has 2 rings (SSSR count). The van der Waals surface area contributed by atoms with Crippen LogP contribution >= 0.6 is 24.0 Å². The Labute approximate surface area is 197 Å². The van der Waals surface area contributed by atoms with Crippen LogP contribution in [0.4, 0.5) is 13.2 Å². The molecule has 3 N–H and O–H groups in total. The van der Waals surface area contributed by atoms with E-state index >= 15 is 0 Å². The van der Waals surface area contributed by atoms with Crippen LogP contribution in [0.25, 0.3) is 0 Å². The largest absolute Gasteiger partial charge is 0.493 e. The maximum absolute atomic E-state index is 12.5. The summed E-state index contributed by atoms with van der Waals surface area (Å²) in [5.74, 6) is 1.63. The second-order valence-electron chi connectivity index (χ2n) is 6.58. The van der Waals surface area contributed by atoms with Crippen LogP contribution in [-0.4, -0.2) is 39.5 Å². The van der Waals surface area contributed by atoms with E-state index in [1.807, 2.05) is 18.2 Å². The summed E-state index contributed by atoms with van der Waals surface area (Å²) in [5.41, 5.74) is 8.22. The van der Waals surface area contributed by atoms with E-state index in [1.165, 1.54) is 0 Å². The minimum absolute atomic E-state index is 0. The molecule has 6 nitrogen and oxygen atoms in total. The fraction of sp³-hybridized carbons (Fsp3) is 0.381. The Kier molecular flexibility index (Phi) is 10.7. The van der Waals surface area contributed by atoms with Crippen molar-refractivity contribution in [3.63, 3.8) is 0 Å². The molecule has 172 valence electrons. The predicted octanol–water partition coefficient (Wildman–Crippen LogP) is 4.22. The summed E-state index contributed by atoms with van der Waals surface area (Å²) >= 11 is 0. The molecule has 31 heavy (non-hydrogen) atoms. The number of guanidine groups is 1. The molecule has 0 saturated heterocycles. The van der Waals surface area contributed by atoms with Gasteiger partial charge in [-0.2, -0.15) is 13.2 Å². The zero-order chi connectivity index (χ0) is 22.1. The number of nitrogens with zero attached hydrogens (tertiary/aromatic N) is 1. The van der Waals surface area contributed by atoms with E-state index in [-0.39, 0.29) is 42.2 Å². The highest BCUT2D eigenvalue weighted by Gasteiger charge is 2.28. The van der Waals surface area contributed by atoms with Crippen LogP contribution in [0, 0.1) is 6.92 Å². The Morgan fingerprint density at radius 2 is 1.74 bits per heavy atom. The first-order chi connectivity index (χ1) is 14.2. The van der Waals surface area contributed by atoms with Gasteiger partial charge in [0.15, 0.2) is 24.1 Å². The number of rotatable bonds is 9. The third-order valence-corrected chi connectivity index (χ3v) is 4.20. The zero-order valence-corrected chi connectivity index (χ0v) is 19.9. The van der Waals surface area contributed by atoms with E-state index in [9.17, 15) is 13.2 Å². The van der Waals surface area contributed by atoms with E-state index < -0.39 is 12.8 Å². The van der Waals surface area contributed by atoms with Gasteiger partial charge in [0.2, 0.25) is 0 Å². The minimum atomic E-state index is -4.41. The number of alkyl halides is 3. The lowest BCUT2D eigenvalue weighted by Crippen LogP contribution is -2.33. The van der Waals surface area contributed by atoms with Crippen LogP contribution in [0.1, 0.15) is 16.7 Å². The molecule has 0 spiro atoms. The molecule has 0 aliphatic rings. The van der Waals surface area contributed by atoms with Gasteiger partial charge >= 0.3 is 6.18 Å². The van der Waals surface area contributed by atoms with Gasteiger partial charge in [-0.15, -0.1) is 24.0 Å². The van der Waals surface area contributed by atoms with Crippen LogP contribution in [0.5, 0.6) is 17.2 Å². The summed E-state index contributed by atoms with van der Waals surface area (Å²) in [6.07, 6.45) is -3.74. The third kappa shape index (κ3) is 9.11. The molecule has 0 unspecified atom stereocenters. The van der Waals surface area contributed by atoms with Crippen molar-refractivity contribution in [1.82, 2.24) is 5.32 Å². The first-order valence-electron chi connectivity index (χ1n) is 9.25. The number of aryl methyl sites for hydroxylation is 1. The number of hydrogen-bond donors (Lipinski definition) is 2. The first kappa shape index (κ1) is 26.7. The molecule has 0 bridgehead atoms. The summed E-state index contributed by atoms with van der Waals surface area (Å²) in [7, 11) is 3.15. The van der Waals surface area contributed by atoms with Crippen LogP contribution < -0.4 is 25.3 Å². The van der Waals surface area contributed by atoms with Gasteiger partial charge in [0.05, 0.1) is 20.8 Å². The SMILES string of the molecule is COc1ccc(CCNC(N)=NCc2ccc(C)cc2OCC(F)(F)F)cc1OC.I. The number of nitrogens with two attached hydrogens (primary N) is 1. The van der Waals surface area contributed by atoms with Gasteiger partial charge in [-0.3, -0.25) is 0 Å². The predicted molar refractivity (Wildman–Crippen MR) is 125 cm³/mol. The monoisotopic (exact) mass is 553 g/mol. The Bertz CT molecular complexity index is 877. The van der Waals surface area contributed by atoms with Crippen LogP contribution in [0.2, 0.25) is 0 Å². The Hall–Kier alpha value is -2.37. The lowest BCUT2D eigenvalue weighted by atomic mass is 10.1. The zero-order valence-electron chi connectivity index (χ0n) is 17.6. The van der Waals surface area contributed by atoms with Crippen LogP contribution in [0.3, 0.4) is 0 Å². The lowest BCUT2D eigenvalue weighted by molar-refractivity contribution is -0.153. The average Bonchev–Trinajstić information content (AvgIpc) is 2.70. The molecular formula is C21H27F3IN3O3. The Balaban J connectivity index is 0.00000480. The van der Waals surface area contributed by atoms with Gasteiger partial charge in [0.25, 0.3) is 0 Å². The topological polar surface area (TPSA) is 78.1 Å². The van der Waals surface area contributed by atoms with Gasteiger partial charge in [0, 0.05) is 12.1 Å². The molecule has 0 fully saturated rings. The Morgan fingerprint density at radius 3 is 2.39 bits per heavy atom. The van der Waals surface area contributed by atoms with Gasteiger partial charge in [-0.1, -0.05) is 18.2 Å². The molecule has 2 aromatic carbocycles. The second-order valence-corrected chi connectivity index (χ2v) is 6.58. The van der Waals surface area contributed by atoms with Crippen molar-refractivity contribution >= 4 is 29.9 Å². The van der Waals surface area contributed by atoms with E-state index in [4.69, 9.17) is 19.9 Å². The molecule has 0 amide bonds. The highest BCUT2D eigenvalue weighted by Crippen LogP contribution is 2.27. The van der Waals surface area contributed by atoms with E-state index in [1.54, 1.807) is 39.3 Å². The molecule has 0 radical (unpaired) electrons. The summed E-state index contributed by atoms with van der Waals surface area (Å²) < 4.78 is 52.8. The molecule has 0 aliphatic heterocycles. The molecule has 0 aliphatic carbocycles. The lowest BCUT2D eigenvalue weighted by Gasteiger charge is -2.13. The highest BCUT2D eigenvalue weighted by molar-refractivity contribution is 14.0. The normalized spacial score (nSPS) is 11.5. The summed E-state index contributed by atoms with van der Waals surface area (Å²) in [5, 5.41) is 2.99. The number of nitrogens with one attached hydrogen (secondary N) is 1. The van der Waals surface area contributed by atoms with Crippen molar-refractivity contribution in [3.8, 4) is 17.2 Å². The molecule has 0 saturated carbocycles. The van der Waals surface area contributed by atoms with Crippen LogP contribution in [0.15, 0.2) is 41.4 Å². The second kappa shape index (κ2) is 12.5. The fourth-order valence-electron chi connectivity index (χ4n) is 2.68. The van der Waals surface area contributed by atoms with Gasteiger partial charge < -0.3 is 25.3 Å². The van der Waals surface area contributed by atoms with Crippen molar-refractivity contribution in [1.29, 1.82) is 0 Å². The van der Waals surface area contributed by atoms with E-state index in [2.05, 4.69) is 10.3 Å². The standard InChI is InChI=1S/C21H26F3N3O3.HI/c1-14-4-6-16(18(10-14)30-13-21(22,23)24)12-27-20(25)26-9-8-15-5-7-17(28-2)19(11-15)29-3;/h4-7,10-11H,8-9,12-13H2,1-3H3,(H3,25,26,27);1H. The van der Waals surface area contributed by atoms with Crippen molar-refractivity contribution < 1.29 is 27.4 Å². The van der Waals surface area contributed by atoms with Crippen molar-refractivity contribution in [2.45, 2.75) is 26.1 Å². The molecular weight excluding hydrogens is 526 g/mol. The average molecular weight is 553 g/mol. The summed E-state index contributed by atoms with van der Waals surface area (Å²) in [6.45, 7) is 1.04. The number of methoxy groups -OCH3 is 2. The molecule has 0 atom stereocenters. The number of benzene rings is 2. The van der Waals surface area contributed by atoms with Crippen molar-refractivity contribution in [2.75, 3.05) is 27.4 Å². The molecule has 2 aromatic rings. The maximum Gasteiger partial charge on any atom is 0.422 e. The van der Waals surface area contributed by atoms with Gasteiger partial charge in [-0.25, -0.2) is 4.99 Å². The Morgan fingerprint density at radius 1 is 1.03 bits per heavy atom. The smallest absolute Gasteiger partial charge is 0.422 e. The van der Waals surface area contributed by atoms with E-state index in [0.29, 0.717) is 30.0 Å². The molecule has 10 heteroatoms. The quantitative estimate of drug-likeness (QED) is 0.277. The number of hydrogen-bond acceptors (Lipinski definition) is 4. The number of ether oxygens (including phenoxy) is 3. The molecule has 0 heterocycles. The highest BCUT2D eigenvalue weighted by atomic mass is 127. The third-order valence-electron chi connectivity index (χ3n) is 4.20. The van der Waals surface area contributed by atoms with E-state index in [0.717, 1.165) is 11.1 Å². The van der Waals surface area contributed by atoms with Crippen molar-refractivity contribution in [3.05, 3.63) is 53.1 Å². The number of halogens is 4. The first-order valence-corrected chi connectivity index (χ1v) is 9.25. The number of aliphatic imine (C=N–C) groups is 1. The maximum atomic E-state index is 12.5.